The smallest absolute Gasteiger partial charge is 0.160 e. The monoisotopic (exact) mass is 269 g/mol. The van der Waals surface area contributed by atoms with E-state index in [0.717, 1.165) is 16.7 Å². The lowest BCUT2D eigenvalue weighted by Crippen LogP contribution is -2.04. The molecule has 20 heavy (non-hydrogen) atoms. The molecule has 0 aliphatic rings. The van der Waals surface area contributed by atoms with Crippen molar-refractivity contribution in [3.05, 3.63) is 65.5 Å². The van der Waals surface area contributed by atoms with Crippen LogP contribution in [-0.4, -0.2) is 5.78 Å². The zero-order chi connectivity index (χ0) is 14.9. The third-order valence-corrected chi connectivity index (χ3v) is 3.29. The predicted molar refractivity (Wildman–Crippen MR) is 79.8 cm³/mol. The second-order valence-corrected chi connectivity index (χ2v) is 4.79. The van der Waals surface area contributed by atoms with Crippen molar-refractivity contribution < 1.29 is 9.18 Å². The van der Waals surface area contributed by atoms with Crippen molar-refractivity contribution in [2.75, 3.05) is 0 Å². The number of carbonyl (C=O) groups is 1. The Hall–Kier alpha value is -2.42. The maximum Gasteiger partial charge on any atom is 0.160 e. The van der Waals surface area contributed by atoms with Crippen LogP contribution in [0.4, 0.5) is 4.39 Å². The van der Waals surface area contributed by atoms with E-state index in [4.69, 9.17) is 5.73 Å². The van der Waals surface area contributed by atoms with Gasteiger partial charge >= 0.3 is 0 Å². The van der Waals surface area contributed by atoms with Gasteiger partial charge in [0.1, 0.15) is 5.82 Å². The van der Waals surface area contributed by atoms with Crippen LogP contribution in [0.5, 0.6) is 0 Å². The van der Waals surface area contributed by atoms with Gasteiger partial charge in [0.05, 0.1) is 0 Å². The fourth-order valence-corrected chi connectivity index (χ4v) is 2.25. The molecule has 3 heteroatoms. The maximum absolute atomic E-state index is 13.3. The van der Waals surface area contributed by atoms with Gasteiger partial charge in [-0.15, -0.1) is 0 Å². The van der Waals surface area contributed by atoms with Crippen molar-refractivity contribution in [1.29, 1.82) is 0 Å². The molecule has 2 N–H and O–H groups in total. The molecule has 2 rings (SSSR count). The fourth-order valence-electron chi connectivity index (χ4n) is 2.25. The Morgan fingerprint density at radius 1 is 1.15 bits per heavy atom. The molecule has 0 aromatic heterocycles. The number of hydrogen-bond acceptors (Lipinski definition) is 2. The van der Waals surface area contributed by atoms with Crippen molar-refractivity contribution in [3.8, 4) is 11.1 Å². The number of Topliss-reactive ketones (excluding diaryl/α,β-unsaturated/α-hetero) is 1. The van der Waals surface area contributed by atoms with E-state index < -0.39 is 0 Å². The molecule has 0 saturated heterocycles. The summed E-state index contributed by atoms with van der Waals surface area (Å²) in [6, 6.07) is 9.83. The molecule has 0 radical (unpaired) electrons. The van der Waals surface area contributed by atoms with Crippen molar-refractivity contribution in [3.63, 3.8) is 0 Å². The lowest BCUT2D eigenvalue weighted by Gasteiger charge is -2.13. The van der Waals surface area contributed by atoms with E-state index in [9.17, 15) is 9.18 Å². The highest BCUT2D eigenvalue weighted by atomic mass is 19.1. The molecule has 2 aromatic carbocycles. The Labute approximate surface area is 117 Å². The minimum atomic E-state index is -0.319. The third kappa shape index (κ3) is 2.62. The molecule has 0 bridgehead atoms. The van der Waals surface area contributed by atoms with Crippen LogP contribution in [-0.2, 0) is 0 Å². The Kier molecular flexibility index (Phi) is 3.70. The highest BCUT2D eigenvalue weighted by Gasteiger charge is 2.13. The van der Waals surface area contributed by atoms with Gasteiger partial charge in [0.15, 0.2) is 5.78 Å². The van der Waals surface area contributed by atoms with Crippen LogP contribution in [0.15, 0.2) is 43.0 Å². The first-order valence-corrected chi connectivity index (χ1v) is 6.26. The van der Waals surface area contributed by atoms with Gasteiger partial charge in [-0.3, -0.25) is 4.79 Å². The van der Waals surface area contributed by atoms with Crippen LogP contribution >= 0.6 is 0 Å². The van der Waals surface area contributed by atoms with E-state index in [1.54, 1.807) is 18.2 Å². The van der Waals surface area contributed by atoms with Crippen molar-refractivity contribution in [2.24, 2.45) is 5.73 Å². The normalized spacial score (nSPS) is 10.3. The molecule has 2 aromatic rings. The minimum Gasteiger partial charge on any atom is -0.399 e. The summed E-state index contributed by atoms with van der Waals surface area (Å²) in [6.45, 7) is 7.06. The van der Waals surface area contributed by atoms with Crippen molar-refractivity contribution in [2.45, 2.75) is 13.8 Å². The first-order valence-electron chi connectivity index (χ1n) is 6.26. The lowest BCUT2D eigenvalue weighted by atomic mass is 9.92. The van der Waals surface area contributed by atoms with Gasteiger partial charge < -0.3 is 5.73 Å². The second kappa shape index (κ2) is 5.29. The molecule has 0 spiro atoms. The molecule has 102 valence electrons. The summed E-state index contributed by atoms with van der Waals surface area (Å²) in [4.78, 5) is 11.7. The largest absolute Gasteiger partial charge is 0.399 e. The Morgan fingerprint density at radius 2 is 1.80 bits per heavy atom. The second-order valence-electron chi connectivity index (χ2n) is 4.79. The summed E-state index contributed by atoms with van der Waals surface area (Å²) in [5.74, 6) is -0.371. The average molecular weight is 269 g/mol. The van der Waals surface area contributed by atoms with E-state index in [0.29, 0.717) is 16.8 Å². The summed E-state index contributed by atoms with van der Waals surface area (Å²) in [7, 11) is 0. The van der Waals surface area contributed by atoms with E-state index >= 15 is 0 Å². The highest BCUT2D eigenvalue weighted by Crippen LogP contribution is 2.28. The van der Waals surface area contributed by atoms with Gasteiger partial charge in [0, 0.05) is 16.8 Å². The lowest BCUT2D eigenvalue weighted by molar-refractivity contribution is 0.101. The summed E-state index contributed by atoms with van der Waals surface area (Å²) in [5.41, 5.74) is 9.72. The minimum absolute atomic E-state index is 0.0525. The van der Waals surface area contributed by atoms with Gasteiger partial charge in [0.25, 0.3) is 0 Å². The van der Waals surface area contributed by atoms with Crippen LogP contribution in [0.2, 0.25) is 0 Å². The number of halogens is 1. The Bertz CT molecular complexity index is 669. The van der Waals surface area contributed by atoms with Gasteiger partial charge in [-0.25, -0.2) is 4.39 Å². The van der Waals surface area contributed by atoms with Crippen molar-refractivity contribution >= 4 is 11.5 Å². The molecule has 0 aliphatic carbocycles. The van der Waals surface area contributed by atoms with Crippen molar-refractivity contribution in [1.82, 2.24) is 0 Å². The Morgan fingerprint density at radius 3 is 2.35 bits per heavy atom. The van der Waals surface area contributed by atoms with E-state index in [1.165, 1.54) is 19.1 Å². The molecule has 0 amide bonds. The molecule has 0 fully saturated rings. The van der Waals surface area contributed by atoms with E-state index in [-0.39, 0.29) is 11.6 Å². The number of nitrogens with two attached hydrogens (primary N) is 1. The summed E-state index contributed by atoms with van der Waals surface area (Å²) in [6.07, 6.45) is 0. The predicted octanol–water partition coefficient (Wildman–Crippen LogP) is 3.93. The molecule has 0 atom stereocenters. The van der Waals surface area contributed by atoms with Gasteiger partial charge in [0.2, 0.25) is 0 Å². The number of carbonyl (C=O) groups excluding carboxylic acids is 1. The first-order chi connectivity index (χ1) is 9.40. The molecular weight excluding hydrogens is 253 g/mol. The summed E-state index contributed by atoms with van der Waals surface area (Å²) in [5, 5.41) is 0. The first kappa shape index (κ1) is 14.0. The maximum atomic E-state index is 13.3. The molecule has 0 heterocycles. The average Bonchev–Trinajstić information content (AvgIpc) is 2.38. The number of hydrogen-bond donors (Lipinski definition) is 1. The molecule has 0 saturated carbocycles. The fraction of sp³-hybridized carbons (Fsp3) is 0.118. The molecule has 0 unspecified atom stereocenters. The summed E-state index contributed by atoms with van der Waals surface area (Å²) >= 11 is 0. The van der Waals surface area contributed by atoms with Gasteiger partial charge in [-0.2, -0.15) is 0 Å². The number of ketones is 1. The highest BCUT2D eigenvalue weighted by molar-refractivity contribution is 5.98. The van der Waals surface area contributed by atoms with Crippen LogP contribution in [0.1, 0.15) is 28.4 Å². The summed E-state index contributed by atoms with van der Waals surface area (Å²) < 4.78 is 13.3. The third-order valence-electron chi connectivity index (χ3n) is 3.29. The van der Waals surface area contributed by atoms with Gasteiger partial charge in [-0.05, 0) is 54.8 Å². The number of rotatable bonds is 3. The quantitative estimate of drug-likeness (QED) is 0.858. The number of benzene rings is 2. The molecule has 0 aliphatic heterocycles. The standard InChI is InChI=1S/C17H16FNO/c1-10-16(11(2)19)8-14(9-17(10)12(3)20)13-5-4-6-15(18)7-13/h4-9H,2,19H2,1,3H3. The van der Waals surface area contributed by atoms with E-state index in [1.807, 2.05) is 13.0 Å². The molecule has 2 nitrogen and oxygen atoms in total. The van der Waals surface area contributed by atoms with Crippen LogP contribution in [0, 0.1) is 12.7 Å². The molecular formula is C17H16FNO. The zero-order valence-corrected chi connectivity index (χ0v) is 11.5. The Balaban J connectivity index is 2.71. The van der Waals surface area contributed by atoms with Crippen LogP contribution < -0.4 is 5.73 Å². The van der Waals surface area contributed by atoms with E-state index in [2.05, 4.69) is 6.58 Å². The SMILES string of the molecule is C=C(N)c1cc(-c2cccc(F)c2)cc(C(C)=O)c1C. The van der Waals surface area contributed by atoms with Gasteiger partial charge in [-0.1, -0.05) is 18.7 Å². The topological polar surface area (TPSA) is 43.1 Å². The zero-order valence-electron chi connectivity index (χ0n) is 11.5. The van der Waals surface area contributed by atoms with Crippen LogP contribution in [0.25, 0.3) is 16.8 Å². The van der Waals surface area contributed by atoms with Crippen LogP contribution in [0.3, 0.4) is 0 Å².